The van der Waals surface area contributed by atoms with Crippen LogP contribution in [-0.4, -0.2) is 43.8 Å². The predicted octanol–water partition coefficient (Wildman–Crippen LogP) is 5.14. The standard InChI is InChI=1S/C31H39N3O4S/c1-7-25(5)32-31(36)26(6)33(20-27-11-9-8-10-12-27)30(35)21-34(29-18-15-23(3)19-24(29)4)39(37,38)28-16-13-22(2)14-17-28/h8-19,25-26H,7,20-21H2,1-6H3,(H,32,36)/t25-,26-/m1/s1. The van der Waals surface area contributed by atoms with Crippen LogP contribution in [0.4, 0.5) is 5.69 Å². The van der Waals surface area contributed by atoms with Crippen LogP contribution in [0.5, 0.6) is 0 Å². The van der Waals surface area contributed by atoms with Crippen LogP contribution in [0, 0.1) is 20.8 Å². The molecular formula is C31H39N3O4S. The van der Waals surface area contributed by atoms with Crippen LogP contribution in [-0.2, 0) is 26.2 Å². The molecule has 39 heavy (non-hydrogen) atoms. The van der Waals surface area contributed by atoms with E-state index in [2.05, 4.69) is 5.32 Å². The summed E-state index contributed by atoms with van der Waals surface area (Å²) in [7, 11) is -4.09. The summed E-state index contributed by atoms with van der Waals surface area (Å²) in [6, 6.07) is 20.5. The van der Waals surface area contributed by atoms with Gasteiger partial charge in [-0.25, -0.2) is 8.42 Å². The Morgan fingerprint density at radius 2 is 1.49 bits per heavy atom. The molecule has 0 saturated heterocycles. The third-order valence-electron chi connectivity index (χ3n) is 6.87. The van der Waals surface area contributed by atoms with E-state index in [4.69, 9.17) is 0 Å². The number of amides is 2. The molecule has 3 rings (SSSR count). The second kappa shape index (κ2) is 12.9. The van der Waals surface area contributed by atoms with Gasteiger partial charge in [0.25, 0.3) is 10.0 Å². The molecule has 0 aliphatic rings. The Kier molecular flexibility index (Phi) is 9.92. The van der Waals surface area contributed by atoms with Gasteiger partial charge in [-0.3, -0.25) is 13.9 Å². The number of rotatable bonds is 11. The van der Waals surface area contributed by atoms with Crippen molar-refractivity contribution in [2.45, 2.75) is 71.5 Å². The molecule has 8 heteroatoms. The molecule has 3 aromatic carbocycles. The molecule has 0 heterocycles. The van der Waals surface area contributed by atoms with Gasteiger partial charge in [-0.1, -0.05) is 72.6 Å². The van der Waals surface area contributed by atoms with E-state index in [-0.39, 0.29) is 23.4 Å². The van der Waals surface area contributed by atoms with Crippen LogP contribution in [0.1, 0.15) is 49.4 Å². The fourth-order valence-corrected chi connectivity index (χ4v) is 5.74. The third kappa shape index (κ3) is 7.47. The molecule has 0 aliphatic carbocycles. The van der Waals surface area contributed by atoms with Crippen molar-refractivity contribution >= 4 is 27.5 Å². The second-order valence-electron chi connectivity index (χ2n) is 10.1. The molecule has 0 fully saturated rings. The number of hydrogen-bond donors (Lipinski definition) is 1. The predicted molar refractivity (Wildman–Crippen MR) is 156 cm³/mol. The summed E-state index contributed by atoms with van der Waals surface area (Å²) in [5.74, 6) is -0.755. The number of aryl methyl sites for hydroxylation is 3. The molecule has 208 valence electrons. The topological polar surface area (TPSA) is 86.8 Å². The van der Waals surface area contributed by atoms with Crippen molar-refractivity contribution in [1.29, 1.82) is 0 Å². The van der Waals surface area contributed by atoms with Crippen molar-refractivity contribution in [1.82, 2.24) is 10.2 Å². The molecule has 0 bridgehead atoms. The number of carbonyl (C=O) groups is 2. The fraction of sp³-hybridized carbons (Fsp3) is 0.355. The summed E-state index contributed by atoms with van der Waals surface area (Å²) >= 11 is 0. The minimum Gasteiger partial charge on any atom is -0.352 e. The van der Waals surface area contributed by atoms with E-state index in [1.54, 1.807) is 37.3 Å². The van der Waals surface area contributed by atoms with Crippen LogP contribution in [0.15, 0.2) is 77.7 Å². The highest BCUT2D eigenvalue weighted by Crippen LogP contribution is 2.28. The number of sulfonamides is 1. The Morgan fingerprint density at radius 3 is 2.08 bits per heavy atom. The van der Waals surface area contributed by atoms with Gasteiger partial charge in [0.2, 0.25) is 11.8 Å². The largest absolute Gasteiger partial charge is 0.352 e. The maximum atomic E-state index is 14.0. The number of benzene rings is 3. The van der Waals surface area contributed by atoms with Crippen LogP contribution < -0.4 is 9.62 Å². The van der Waals surface area contributed by atoms with Gasteiger partial charge in [0.1, 0.15) is 12.6 Å². The molecule has 1 N–H and O–H groups in total. The summed E-state index contributed by atoms with van der Waals surface area (Å²) in [4.78, 5) is 28.6. The maximum Gasteiger partial charge on any atom is 0.264 e. The summed E-state index contributed by atoms with van der Waals surface area (Å²) in [5, 5.41) is 2.95. The van der Waals surface area contributed by atoms with Crippen LogP contribution in [0.2, 0.25) is 0 Å². The second-order valence-corrected chi connectivity index (χ2v) is 12.0. The van der Waals surface area contributed by atoms with Crippen molar-refractivity contribution in [3.05, 3.63) is 95.1 Å². The summed E-state index contributed by atoms with van der Waals surface area (Å²) in [6.45, 7) is 10.9. The van der Waals surface area contributed by atoms with Gasteiger partial charge in [-0.15, -0.1) is 0 Å². The monoisotopic (exact) mass is 549 g/mol. The molecule has 0 unspecified atom stereocenters. The first-order valence-electron chi connectivity index (χ1n) is 13.2. The van der Waals surface area contributed by atoms with Gasteiger partial charge in [0.05, 0.1) is 10.6 Å². The average molecular weight is 550 g/mol. The Morgan fingerprint density at radius 1 is 0.872 bits per heavy atom. The lowest BCUT2D eigenvalue weighted by atomic mass is 10.1. The lowest BCUT2D eigenvalue weighted by Gasteiger charge is -2.33. The lowest BCUT2D eigenvalue weighted by molar-refractivity contribution is -0.139. The first-order chi connectivity index (χ1) is 18.4. The highest BCUT2D eigenvalue weighted by molar-refractivity contribution is 7.92. The Labute approximate surface area is 232 Å². The van der Waals surface area contributed by atoms with Crippen molar-refractivity contribution in [2.75, 3.05) is 10.8 Å². The van der Waals surface area contributed by atoms with Gasteiger partial charge in [0, 0.05) is 12.6 Å². The number of nitrogens with one attached hydrogen (secondary N) is 1. The van der Waals surface area contributed by atoms with E-state index in [1.807, 2.05) is 77.1 Å². The number of hydrogen-bond acceptors (Lipinski definition) is 4. The van der Waals surface area contributed by atoms with Crippen molar-refractivity contribution in [3.8, 4) is 0 Å². The molecule has 0 aliphatic heterocycles. The van der Waals surface area contributed by atoms with E-state index in [0.717, 1.165) is 33.0 Å². The molecule has 0 saturated carbocycles. The van der Waals surface area contributed by atoms with Crippen LogP contribution >= 0.6 is 0 Å². The smallest absolute Gasteiger partial charge is 0.264 e. The van der Waals surface area contributed by atoms with Crippen molar-refractivity contribution in [3.63, 3.8) is 0 Å². The summed E-state index contributed by atoms with van der Waals surface area (Å²) < 4.78 is 29.1. The van der Waals surface area contributed by atoms with E-state index in [1.165, 1.54) is 4.90 Å². The minimum absolute atomic E-state index is 0.0535. The van der Waals surface area contributed by atoms with Gasteiger partial charge in [-0.05, 0) is 70.4 Å². The highest BCUT2D eigenvalue weighted by Gasteiger charge is 2.33. The number of carbonyl (C=O) groups excluding carboxylic acids is 2. The molecule has 0 radical (unpaired) electrons. The number of anilines is 1. The molecule has 7 nitrogen and oxygen atoms in total. The average Bonchev–Trinajstić information content (AvgIpc) is 2.91. The van der Waals surface area contributed by atoms with Crippen molar-refractivity contribution in [2.24, 2.45) is 0 Å². The van der Waals surface area contributed by atoms with E-state index >= 15 is 0 Å². The summed E-state index contributed by atoms with van der Waals surface area (Å²) in [6.07, 6.45) is 0.750. The van der Waals surface area contributed by atoms with E-state index in [0.29, 0.717) is 5.69 Å². The molecule has 0 aromatic heterocycles. The molecule has 2 atom stereocenters. The van der Waals surface area contributed by atoms with Crippen molar-refractivity contribution < 1.29 is 18.0 Å². The molecule has 0 spiro atoms. The minimum atomic E-state index is -4.09. The Bertz CT molecular complexity index is 1390. The van der Waals surface area contributed by atoms with Crippen LogP contribution in [0.3, 0.4) is 0 Å². The zero-order valence-electron chi connectivity index (χ0n) is 23.6. The zero-order valence-corrected chi connectivity index (χ0v) is 24.5. The van der Waals surface area contributed by atoms with Crippen LogP contribution in [0.25, 0.3) is 0 Å². The third-order valence-corrected chi connectivity index (χ3v) is 8.65. The normalized spacial score (nSPS) is 12.9. The van der Waals surface area contributed by atoms with Gasteiger partial charge in [0.15, 0.2) is 0 Å². The molecule has 2 amide bonds. The van der Waals surface area contributed by atoms with Gasteiger partial charge in [-0.2, -0.15) is 0 Å². The lowest BCUT2D eigenvalue weighted by Crippen LogP contribution is -2.52. The quantitative estimate of drug-likeness (QED) is 0.359. The summed E-state index contributed by atoms with van der Waals surface area (Å²) in [5.41, 5.74) is 3.91. The zero-order chi connectivity index (χ0) is 28.7. The van der Waals surface area contributed by atoms with Gasteiger partial charge >= 0.3 is 0 Å². The maximum absolute atomic E-state index is 14.0. The Hall–Kier alpha value is -3.65. The van der Waals surface area contributed by atoms with E-state index < -0.39 is 28.5 Å². The van der Waals surface area contributed by atoms with E-state index in [9.17, 15) is 18.0 Å². The molecular weight excluding hydrogens is 510 g/mol. The number of nitrogens with zero attached hydrogens (tertiary/aromatic N) is 2. The Balaban J connectivity index is 2.04. The molecule has 3 aromatic rings. The fourth-order valence-electron chi connectivity index (χ4n) is 4.26. The van der Waals surface area contributed by atoms with Gasteiger partial charge < -0.3 is 10.2 Å². The first kappa shape index (κ1) is 29.9. The highest BCUT2D eigenvalue weighted by atomic mass is 32.2. The first-order valence-corrected chi connectivity index (χ1v) is 14.7. The SMILES string of the molecule is CC[C@@H](C)NC(=O)[C@@H](C)N(Cc1ccccc1)C(=O)CN(c1ccc(C)cc1C)S(=O)(=O)c1ccc(C)cc1.